The largest absolute Gasteiger partial charge is 0.489 e. The molecule has 0 saturated carbocycles. The van der Waals surface area contributed by atoms with Crippen LogP contribution in [-0.4, -0.2) is 6.54 Å². The number of ether oxygens (including phenoxy) is 1. The standard InChI is InChI=1S/C18H21ClFNO/c1-2-3-10-21-12-14-4-8-17(9-5-14)22-13-15-6-7-16(20)11-18(15)19/h4-9,11,21H,2-3,10,12-13H2,1H3. The maximum absolute atomic E-state index is 13.0. The summed E-state index contributed by atoms with van der Waals surface area (Å²) < 4.78 is 18.7. The SMILES string of the molecule is CCCCNCc1ccc(OCc2ccc(F)cc2Cl)cc1. The monoisotopic (exact) mass is 321 g/mol. The maximum Gasteiger partial charge on any atom is 0.124 e. The van der Waals surface area contributed by atoms with Gasteiger partial charge in [-0.05, 0) is 42.8 Å². The molecule has 0 aliphatic rings. The van der Waals surface area contributed by atoms with Crippen molar-refractivity contribution in [3.8, 4) is 5.75 Å². The molecule has 2 rings (SSSR count). The van der Waals surface area contributed by atoms with Crippen LogP contribution in [0.5, 0.6) is 5.75 Å². The van der Waals surface area contributed by atoms with E-state index in [0.717, 1.165) is 24.4 Å². The Hall–Kier alpha value is -1.58. The fourth-order valence-electron chi connectivity index (χ4n) is 2.04. The van der Waals surface area contributed by atoms with Crippen molar-refractivity contribution in [1.82, 2.24) is 5.32 Å². The third-order valence-corrected chi connectivity index (χ3v) is 3.72. The second kappa shape index (κ2) is 8.76. The van der Waals surface area contributed by atoms with Gasteiger partial charge in [0, 0.05) is 12.1 Å². The van der Waals surface area contributed by atoms with Crippen LogP contribution in [0.1, 0.15) is 30.9 Å². The zero-order valence-corrected chi connectivity index (χ0v) is 13.5. The third-order valence-electron chi connectivity index (χ3n) is 3.37. The van der Waals surface area contributed by atoms with E-state index in [2.05, 4.69) is 12.2 Å². The van der Waals surface area contributed by atoms with E-state index < -0.39 is 0 Å². The average molecular weight is 322 g/mol. The van der Waals surface area contributed by atoms with Crippen molar-refractivity contribution >= 4 is 11.6 Å². The highest BCUT2D eigenvalue weighted by molar-refractivity contribution is 6.31. The van der Waals surface area contributed by atoms with Gasteiger partial charge in [0.2, 0.25) is 0 Å². The molecule has 2 aromatic rings. The van der Waals surface area contributed by atoms with Gasteiger partial charge in [-0.1, -0.05) is 43.1 Å². The predicted octanol–water partition coefficient (Wildman–Crippen LogP) is 4.95. The van der Waals surface area contributed by atoms with Gasteiger partial charge in [-0.2, -0.15) is 0 Å². The quantitative estimate of drug-likeness (QED) is 0.695. The molecule has 0 spiro atoms. The maximum atomic E-state index is 13.0. The molecule has 0 aliphatic carbocycles. The molecule has 0 saturated heterocycles. The van der Waals surface area contributed by atoms with Gasteiger partial charge in [-0.3, -0.25) is 0 Å². The molecule has 0 unspecified atom stereocenters. The Labute approximate surface area is 136 Å². The Morgan fingerprint density at radius 2 is 1.91 bits per heavy atom. The fourth-order valence-corrected chi connectivity index (χ4v) is 2.26. The Bertz CT molecular complexity index is 586. The van der Waals surface area contributed by atoms with Crippen LogP contribution in [0.2, 0.25) is 5.02 Å². The van der Waals surface area contributed by atoms with Crippen molar-refractivity contribution in [3.05, 3.63) is 64.4 Å². The highest BCUT2D eigenvalue weighted by Gasteiger charge is 2.03. The number of hydrogen-bond acceptors (Lipinski definition) is 2. The van der Waals surface area contributed by atoms with Gasteiger partial charge in [0.05, 0.1) is 5.02 Å². The normalized spacial score (nSPS) is 10.7. The lowest BCUT2D eigenvalue weighted by Crippen LogP contribution is -2.14. The molecule has 2 nitrogen and oxygen atoms in total. The smallest absolute Gasteiger partial charge is 0.124 e. The lowest BCUT2D eigenvalue weighted by molar-refractivity contribution is 0.306. The van der Waals surface area contributed by atoms with E-state index in [1.165, 1.54) is 30.5 Å². The van der Waals surface area contributed by atoms with E-state index in [4.69, 9.17) is 16.3 Å². The first kappa shape index (κ1) is 16.8. The molecular weight excluding hydrogens is 301 g/mol. The van der Waals surface area contributed by atoms with E-state index in [1.807, 2.05) is 24.3 Å². The zero-order chi connectivity index (χ0) is 15.8. The van der Waals surface area contributed by atoms with E-state index in [-0.39, 0.29) is 5.82 Å². The summed E-state index contributed by atoms with van der Waals surface area (Å²) in [7, 11) is 0. The minimum Gasteiger partial charge on any atom is -0.489 e. The third kappa shape index (κ3) is 5.32. The Kier molecular flexibility index (Phi) is 6.69. The number of rotatable bonds is 8. The lowest BCUT2D eigenvalue weighted by Gasteiger charge is -2.09. The summed E-state index contributed by atoms with van der Waals surface area (Å²) in [5, 5.41) is 3.78. The van der Waals surface area contributed by atoms with E-state index in [1.54, 1.807) is 6.07 Å². The minimum atomic E-state index is -0.339. The molecule has 0 heterocycles. The van der Waals surface area contributed by atoms with Crippen LogP contribution in [0.15, 0.2) is 42.5 Å². The van der Waals surface area contributed by atoms with Crippen LogP contribution < -0.4 is 10.1 Å². The van der Waals surface area contributed by atoms with Crippen molar-refractivity contribution in [3.63, 3.8) is 0 Å². The second-order valence-corrected chi connectivity index (χ2v) is 5.61. The summed E-state index contributed by atoms with van der Waals surface area (Å²) in [4.78, 5) is 0. The molecule has 22 heavy (non-hydrogen) atoms. The molecule has 4 heteroatoms. The first-order chi connectivity index (χ1) is 10.7. The molecule has 118 valence electrons. The highest BCUT2D eigenvalue weighted by atomic mass is 35.5. The summed E-state index contributed by atoms with van der Waals surface area (Å²) >= 11 is 5.98. The molecule has 0 radical (unpaired) electrons. The number of unbranched alkanes of at least 4 members (excludes halogenated alkanes) is 1. The molecule has 0 aromatic heterocycles. The Morgan fingerprint density at radius 3 is 2.59 bits per heavy atom. The first-order valence-corrected chi connectivity index (χ1v) is 7.93. The first-order valence-electron chi connectivity index (χ1n) is 7.55. The van der Waals surface area contributed by atoms with Crippen molar-refractivity contribution in [2.75, 3.05) is 6.54 Å². The van der Waals surface area contributed by atoms with Crippen LogP contribution in [0.4, 0.5) is 4.39 Å². The number of hydrogen-bond donors (Lipinski definition) is 1. The van der Waals surface area contributed by atoms with Crippen molar-refractivity contribution < 1.29 is 9.13 Å². The number of halogens is 2. The highest BCUT2D eigenvalue weighted by Crippen LogP contribution is 2.20. The van der Waals surface area contributed by atoms with E-state index in [0.29, 0.717) is 11.6 Å². The predicted molar refractivity (Wildman–Crippen MR) is 88.8 cm³/mol. The number of benzene rings is 2. The van der Waals surface area contributed by atoms with Gasteiger partial charge in [-0.25, -0.2) is 4.39 Å². The van der Waals surface area contributed by atoms with Crippen LogP contribution in [0, 0.1) is 5.82 Å². The summed E-state index contributed by atoms with van der Waals surface area (Å²) in [5.41, 5.74) is 2.00. The molecule has 0 amide bonds. The Balaban J connectivity index is 1.83. The minimum absolute atomic E-state index is 0.327. The van der Waals surface area contributed by atoms with Crippen LogP contribution in [0.3, 0.4) is 0 Å². The fraction of sp³-hybridized carbons (Fsp3) is 0.333. The summed E-state index contributed by atoms with van der Waals surface area (Å²) in [5.74, 6) is 0.436. The van der Waals surface area contributed by atoms with Gasteiger partial charge >= 0.3 is 0 Å². The van der Waals surface area contributed by atoms with Gasteiger partial charge in [-0.15, -0.1) is 0 Å². The van der Waals surface area contributed by atoms with Crippen LogP contribution in [-0.2, 0) is 13.2 Å². The second-order valence-electron chi connectivity index (χ2n) is 5.20. The van der Waals surface area contributed by atoms with Crippen molar-refractivity contribution in [2.24, 2.45) is 0 Å². The summed E-state index contributed by atoms with van der Waals surface area (Å²) in [6, 6.07) is 12.3. The average Bonchev–Trinajstić information content (AvgIpc) is 2.52. The molecule has 0 bridgehead atoms. The van der Waals surface area contributed by atoms with Gasteiger partial charge in [0.25, 0.3) is 0 Å². The molecule has 2 aromatic carbocycles. The number of nitrogens with one attached hydrogen (secondary N) is 1. The van der Waals surface area contributed by atoms with E-state index >= 15 is 0 Å². The summed E-state index contributed by atoms with van der Waals surface area (Å²) in [6.07, 6.45) is 2.39. The zero-order valence-electron chi connectivity index (χ0n) is 12.7. The van der Waals surface area contributed by atoms with Gasteiger partial charge < -0.3 is 10.1 Å². The molecule has 0 aliphatic heterocycles. The molecule has 0 fully saturated rings. The Morgan fingerprint density at radius 1 is 1.14 bits per heavy atom. The van der Waals surface area contributed by atoms with Gasteiger partial charge in [0.15, 0.2) is 0 Å². The van der Waals surface area contributed by atoms with E-state index in [9.17, 15) is 4.39 Å². The molecule has 1 N–H and O–H groups in total. The van der Waals surface area contributed by atoms with Crippen molar-refractivity contribution in [2.45, 2.75) is 32.9 Å². The van der Waals surface area contributed by atoms with Crippen LogP contribution in [0.25, 0.3) is 0 Å². The lowest BCUT2D eigenvalue weighted by atomic mass is 10.2. The van der Waals surface area contributed by atoms with Crippen LogP contribution >= 0.6 is 11.6 Å². The topological polar surface area (TPSA) is 21.3 Å². The molecular formula is C18H21ClFNO. The van der Waals surface area contributed by atoms with Gasteiger partial charge in [0.1, 0.15) is 18.2 Å². The molecule has 0 atom stereocenters. The van der Waals surface area contributed by atoms with Crippen molar-refractivity contribution in [1.29, 1.82) is 0 Å². The summed E-state index contributed by atoms with van der Waals surface area (Å²) in [6.45, 7) is 4.41.